The molecule has 76 valence electrons. The number of hydrogen-bond acceptors (Lipinski definition) is 1. The SMILES string of the molecule is CC(CN)(c1ccccc1F)C1CC1. The van der Waals surface area contributed by atoms with E-state index in [9.17, 15) is 4.39 Å². The molecule has 1 atom stereocenters. The normalized spacial score (nSPS) is 20.5. The van der Waals surface area contributed by atoms with Crippen LogP contribution in [-0.4, -0.2) is 6.54 Å². The van der Waals surface area contributed by atoms with Gasteiger partial charge in [0.15, 0.2) is 0 Å². The van der Waals surface area contributed by atoms with E-state index in [-0.39, 0.29) is 11.2 Å². The van der Waals surface area contributed by atoms with Crippen LogP contribution < -0.4 is 5.73 Å². The van der Waals surface area contributed by atoms with Crippen LogP contribution >= 0.6 is 0 Å². The molecule has 0 radical (unpaired) electrons. The second kappa shape index (κ2) is 3.35. The Bertz CT molecular complexity index is 333. The van der Waals surface area contributed by atoms with Gasteiger partial charge >= 0.3 is 0 Å². The first-order valence-electron chi connectivity index (χ1n) is 5.13. The van der Waals surface area contributed by atoms with E-state index in [1.165, 1.54) is 18.9 Å². The monoisotopic (exact) mass is 193 g/mol. The van der Waals surface area contributed by atoms with E-state index in [1.54, 1.807) is 6.07 Å². The Morgan fingerprint density at radius 2 is 2.07 bits per heavy atom. The Morgan fingerprint density at radius 3 is 2.57 bits per heavy atom. The van der Waals surface area contributed by atoms with Gasteiger partial charge in [0.1, 0.15) is 5.82 Å². The summed E-state index contributed by atoms with van der Waals surface area (Å²) in [5.74, 6) is 0.455. The van der Waals surface area contributed by atoms with Gasteiger partial charge in [-0.05, 0) is 30.4 Å². The molecule has 1 aromatic carbocycles. The van der Waals surface area contributed by atoms with E-state index in [0.29, 0.717) is 12.5 Å². The lowest BCUT2D eigenvalue weighted by atomic mass is 9.78. The smallest absolute Gasteiger partial charge is 0.127 e. The van der Waals surface area contributed by atoms with Crippen molar-refractivity contribution < 1.29 is 4.39 Å². The molecule has 0 saturated heterocycles. The highest BCUT2D eigenvalue weighted by Gasteiger charge is 2.42. The Labute approximate surface area is 84.1 Å². The Hall–Kier alpha value is -0.890. The molecule has 0 aliphatic heterocycles. The van der Waals surface area contributed by atoms with E-state index >= 15 is 0 Å². The van der Waals surface area contributed by atoms with Crippen LogP contribution in [0.1, 0.15) is 25.3 Å². The third-order valence-electron chi connectivity index (χ3n) is 3.39. The van der Waals surface area contributed by atoms with Gasteiger partial charge < -0.3 is 5.73 Å². The van der Waals surface area contributed by atoms with Gasteiger partial charge in [0.25, 0.3) is 0 Å². The number of nitrogens with two attached hydrogens (primary N) is 1. The van der Waals surface area contributed by atoms with Crippen LogP contribution in [0.25, 0.3) is 0 Å². The van der Waals surface area contributed by atoms with Gasteiger partial charge in [-0.3, -0.25) is 0 Å². The van der Waals surface area contributed by atoms with Crippen LogP contribution in [0.15, 0.2) is 24.3 Å². The van der Waals surface area contributed by atoms with E-state index in [4.69, 9.17) is 5.73 Å². The third-order valence-corrected chi connectivity index (χ3v) is 3.39. The summed E-state index contributed by atoms with van der Waals surface area (Å²) in [6, 6.07) is 6.99. The lowest BCUT2D eigenvalue weighted by Crippen LogP contribution is -2.35. The lowest BCUT2D eigenvalue weighted by molar-refractivity contribution is 0.399. The first-order chi connectivity index (χ1) is 6.68. The quantitative estimate of drug-likeness (QED) is 0.784. The molecule has 0 aromatic heterocycles. The van der Waals surface area contributed by atoms with E-state index in [2.05, 4.69) is 6.92 Å². The van der Waals surface area contributed by atoms with Crippen molar-refractivity contribution in [2.24, 2.45) is 11.7 Å². The maximum absolute atomic E-state index is 13.6. The van der Waals surface area contributed by atoms with Crippen molar-refractivity contribution in [1.82, 2.24) is 0 Å². The van der Waals surface area contributed by atoms with E-state index in [1.807, 2.05) is 12.1 Å². The molecule has 0 spiro atoms. The van der Waals surface area contributed by atoms with Crippen molar-refractivity contribution in [3.05, 3.63) is 35.6 Å². The highest BCUT2D eigenvalue weighted by molar-refractivity contribution is 5.29. The van der Waals surface area contributed by atoms with Crippen molar-refractivity contribution in [2.45, 2.75) is 25.2 Å². The fraction of sp³-hybridized carbons (Fsp3) is 0.500. The zero-order chi connectivity index (χ0) is 10.2. The number of hydrogen-bond donors (Lipinski definition) is 1. The minimum absolute atomic E-state index is 0.118. The Kier molecular flexibility index (Phi) is 2.31. The van der Waals surface area contributed by atoms with Crippen LogP contribution in [0.4, 0.5) is 4.39 Å². The largest absolute Gasteiger partial charge is 0.330 e. The summed E-state index contributed by atoms with van der Waals surface area (Å²) in [5.41, 5.74) is 6.40. The fourth-order valence-electron chi connectivity index (χ4n) is 2.14. The van der Waals surface area contributed by atoms with Crippen LogP contribution in [0.2, 0.25) is 0 Å². The summed E-state index contributed by atoms with van der Waals surface area (Å²) in [6.45, 7) is 2.60. The summed E-state index contributed by atoms with van der Waals surface area (Å²) >= 11 is 0. The average Bonchev–Trinajstić information content (AvgIpc) is 3.01. The fourth-order valence-corrected chi connectivity index (χ4v) is 2.14. The number of halogens is 1. The van der Waals surface area contributed by atoms with Crippen LogP contribution in [-0.2, 0) is 5.41 Å². The van der Waals surface area contributed by atoms with E-state index in [0.717, 1.165) is 5.56 Å². The molecule has 1 saturated carbocycles. The molecule has 1 aliphatic rings. The summed E-state index contributed by atoms with van der Waals surface area (Å²) in [6.07, 6.45) is 2.37. The van der Waals surface area contributed by atoms with Gasteiger partial charge in [-0.1, -0.05) is 25.1 Å². The van der Waals surface area contributed by atoms with Crippen molar-refractivity contribution in [3.8, 4) is 0 Å². The number of rotatable bonds is 3. The first kappa shape index (κ1) is 9.66. The minimum atomic E-state index is -0.161. The predicted octanol–water partition coefficient (Wildman–Crippen LogP) is 2.45. The topological polar surface area (TPSA) is 26.0 Å². The highest BCUT2D eigenvalue weighted by atomic mass is 19.1. The van der Waals surface area contributed by atoms with Gasteiger partial charge in [0.2, 0.25) is 0 Å². The molecule has 0 amide bonds. The summed E-state index contributed by atoms with van der Waals surface area (Å²) < 4.78 is 13.6. The zero-order valence-electron chi connectivity index (χ0n) is 8.46. The van der Waals surface area contributed by atoms with Crippen molar-refractivity contribution in [2.75, 3.05) is 6.54 Å². The lowest BCUT2D eigenvalue weighted by Gasteiger charge is -2.28. The molecule has 1 unspecified atom stereocenters. The molecular weight excluding hydrogens is 177 g/mol. The molecule has 0 heterocycles. The second-order valence-corrected chi connectivity index (χ2v) is 4.38. The maximum atomic E-state index is 13.6. The van der Waals surface area contributed by atoms with Gasteiger partial charge in [0, 0.05) is 12.0 Å². The van der Waals surface area contributed by atoms with Gasteiger partial charge in [-0.25, -0.2) is 4.39 Å². The van der Waals surface area contributed by atoms with Crippen molar-refractivity contribution in [1.29, 1.82) is 0 Å². The summed E-state index contributed by atoms with van der Waals surface area (Å²) in [4.78, 5) is 0. The molecule has 14 heavy (non-hydrogen) atoms. The highest BCUT2D eigenvalue weighted by Crippen LogP contribution is 2.47. The molecular formula is C12H16FN. The third kappa shape index (κ3) is 1.44. The Morgan fingerprint density at radius 1 is 1.43 bits per heavy atom. The molecule has 1 aromatic rings. The second-order valence-electron chi connectivity index (χ2n) is 4.38. The summed E-state index contributed by atoms with van der Waals surface area (Å²) in [7, 11) is 0. The maximum Gasteiger partial charge on any atom is 0.127 e. The minimum Gasteiger partial charge on any atom is -0.330 e. The predicted molar refractivity (Wildman–Crippen MR) is 55.5 cm³/mol. The molecule has 2 heteroatoms. The number of benzene rings is 1. The Balaban J connectivity index is 2.40. The van der Waals surface area contributed by atoms with Gasteiger partial charge in [0.05, 0.1) is 0 Å². The molecule has 2 N–H and O–H groups in total. The summed E-state index contributed by atoms with van der Waals surface area (Å²) in [5, 5.41) is 0. The standard InChI is InChI=1S/C12H16FN/c1-12(8-14,9-6-7-9)10-4-2-3-5-11(10)13/h2-5,9H,6-8,14H2,1H3. The van der Waals surface area contributed by atoms with Gasteiger partial charge in [-0.15, -0.1) is 0 Å². The van der Waals surface area contributed by atoms with Crippen molar-refractivity contribution in [3.63, 3.8) is 0 Å². The first-order valence-corrected chi connectivity index (χ1v) is 5.13. The molecule has 1 aliphatic carbocycles. The van der Waals surface area contributed by atoms with Gasteiger partial charge in [-0.2, -0.15) is 0 Å². The zero-order valence-corrected chi connectivity index (χ0v) is 8.46. The molecule has 1 fully saturated rings. The van der Waals surface area contributed by atoms with Crippen LogP contribution in [0.3, 0.4) is 0 Å². The van der Waals surface area contributed by atoms with Crippen molar-refractivity contribution >= 4 is 0 Å². The van der Waals surface area contributed by atoms with Crippen LogP contribution in [0, 0.1) is 11.7 Å². The average molecular weight is 193 g/mol. The van der Waals surface area contributed by atoms with E-state index < -0.39 is 0 Å². The molecule has 1 nitrogen and oxygen atoms in total. The van der Waals surface area contributed by atoms with Crippen LogP contribution in [0.5, 0.6) is 0 Å². The molecule has 0 bridgehead atoms. The molecule has 2 rings (SSSR count).